The monoisotopic (exact) mass is 306 g/mol. The second-order valence-corrected chi connectivity index (χ2v) is 6.35. The van der Waals surface area contributed by atoms with Gasteiger partial charge in [-0.3, -0.25) is 0 Å². The molecule has 0 aliphatic rings. The van der Waals surface area contributed by atoms with Crippen LogP contribution in [0.5, 0.6) is 0 Å². The second kappa shape index (κ2) is 7.04. The Morgan fingerprint density at radius 2 is 2.21 bits per heavy atom. The number of nitrogen functional groups attached to an aromatic ring is 1. The quantitative estimate of drug-likeness (QED) is 0.699. The van der Waals surface area contributed by atoms with Gasteiger partial charge in [-0.1, -0.05) is 31.4 Å². The SMILES string of the molecule is CCCCC(CN)NS(=O)(=O)c1cc(Cl)cnc1N. The summed E-state index contributed by atoms with van der Waals surface area (Å²) in [4.78, 5) is 3.62. The molecule has 0 bridgehead atoms. The van der Waals surface area contributed by atoms with Crippen LogP contribution in [-0.4, -0.2) is 26.0 Å². The third kappa shape index (κ3) is 4.61. The summed E-state index contributed by atoms with van der Waals surface area (Å²) in [5.41, 5.74) is 11.1. The van der Waals surface area contributed by atoms with Crippen molar-refractivity contribution in [2.45, 2.75) is 37.1 Å². The summed E-state index contributed by atoms with van der Waals surface area (Å²) in [6, 6.07) is 0.961. The highest BCUT2D eigenvalue weighted by atomic mass is 35.5. The van der Waals surface area contributed by atoms with E-state index in [0.717, 1.165) is 12.8 Å². The number of hydrogen-bond donors (Lipinski definition) is 3. The van der Waals surface area contributed by atoms with Crippen molar-refractivity contribution in [3.05, 3.63) is 17.3 Å². The van der Waals surface area contributed by atoms with Gasteiger partial charge in [0.25, 0.3) is 0 Å². The third-order valence-electron chi connectivity index (χ3n) is 2.65. The van der Waals surface area contributed by atoms with Gasteiger partial charge in [0.05, 0.1) is 5.02 Å². The van der Waals surface area contributed by atoms with Crippen molar-refractivity contribution in [1.82, 2.24) is 9.71 Å². The average molecular weight is 307 g/mol. The Morgan fingerprint density at radius 1 is 1.53 bits per heavy atom. The van der Waals surface area contributed by atoms with Crippen LogP contribution in [0, 0.1) is 0 Å². The highest BCUT2D eigenvalue weighted by Gasteiger charge is 2.22. The molecule has 0 fully saturated rings. The van der Waals surface area contributed by atoms with Crippen molar-refractivity contribution >= 4 is 27.4 Å². The molecule has 1 rings (SSSR count). The number of nitrogens with one attached hydrogen (secondary N) is 1. The first-order valence-corrected chi connectivity index (χ1v) is 7.90. The number of sulfonamides is 1. The minimum absolute atomic E-state index is 0.0804. The lowest BCUT2D eigenvalue weighted by atomic mass is 10.1. The Labute approximate surface area is 118 Å². The molecule has 1 aromatic heterocycles. The Bertz CT molecular complexity index is 521. The molecule has 0 spiro atoms. The highest BCUT2D eigenvalue weighted by Crippen LogP contribution is 2.20. The Kier molecular flexibility index (Phi) is 5.99. The van der Waals surface area contributed by atoms with E-state index >= 15 is 0 Å². The summed E-state index contributed by atoms with van der Waals surface area (Å²) in [5.74, 6) is -0.0804. The molecule has 0 amide bonds. The fourth-order valence-corrected chi connectivity index (χ4v) is 3.22. The molecule has 8 heteroatoms. The minimum Gasteiger partial charge on any atom is -0.383 e. The largest absolute Gasteiger partial charge is 0.383 e. The predicted octanol–water partition coefficient (Wildman–Crippen LogP) is 1.11. The number of nitrogens with zero attached hydrogens (tertiary/aromatic N) is 1. The zero-order valence-corrected chi connectivity index (χ0v) is 12.3. The fraction of sp³-hybridized carbons (Fsp3) is 0.545. The van der Waals surface area contributed by atoms with Crippen LogP contribution in [0.15, 0.2) is 17.2 Å². The van der Waals surface area contributed by atoms with Crippen molar-refractivity contribution in [3.8, 4) is 0 Å². The maximum atomic E-state index is 12.2. The van der Waals surface area contributed by atoms with Crippen LogP contribution in [0.3, 0.4) is 0 Å². The number of anilines is 1. The molecule has 6 nitrogen and oxygen atoms in total. The molecule has 0 saturated heterocycles. The summed E-state index contributed by atoms with van der Waals surface area (Å²) in [7, 11) is -3.76. The highest BCUT2D eigenvalue weighted by molar-refractivity contribution is 7.89. The van der Waals surface area contributed by atoms with E-state index in [2.05, 4.69) is 9.71 Å². The molecule has 0 aliphatic heterocycles. The van der Waals surface area contributed by atoms with E-state index in [9.17, 15) is 8.42 Å². The summed E-state index contributed by atoms with van der Waals surface area (Å²) in [6.45, 7) is 2.26. The van der Waals surface area contributed by atoms with Crippen LogP contribution in [-0.2, 0) is 10.0 Å². The first-order chi connectivity index (χ1) is 8.90. The normalized spacial score (nSPS) is 13.4. The maximum Gasteiger partial charge on any atom is 0.244 e. The molecule has 0 aliphatic carbocycles. The first-order valence-electron chi connectivity index (χ1n) is 6.04. The van der Waals surface area contributed by atoms with Gasteiger partial charge >= 0.3 is 0 Å². The van der Waals surface area contributed by atoms with Crippen LogP contribution in [0.2, 0.25) is 5.02 Å². The average Bonchev–Trinajstić information content (AvgIpc) is 2.37. The molecule has 1 unspecified atom stereocenters. The molecule has 1 atom stereocenters. The fourth-order valence-electron chi connectivity index (χ4n) is 1.60. The second-order valence-electron chi connectivity index (χ2n) is 4.23. The lowest BCUT2D eigenvalue weighted by Crippen LogP contribution is -2.40. The molecular formula is C11H19ClN4O2S. The molecule has 19 heavy (non-hydrogen) atoms. The van der Waals surface area contributed by atoms with E-state index < -0.39 is 10.0 Å². The lowest BCUT2D eigenvalue weighted by molar-refractivity contribution is 0.516. The van der Waals surface area contributed by atoms with Gasteiger partial charge in [-0.05, 0) is 12.5 Å². The van der Waals surface area contributed by atoms with Gasteiger partial charge in [-0.2, -0.15) is 0 Å². The number of nitrogens with two attached hydrogens (primary N) is 2. The number of pyridine rings is 1. The van der Waals surface area contributed by atoms with Crippen molar-refractivity contribution < 1.29 is 8.42 Å². The Hall–Kier alpha value is -0.890. The number of halogens is 1. The molecule has 1 heterocycles. The minimum atomic E-state index is -3.76. The smallest absolute Gasteiger partial charge is 0.244 e. The summed E-state index contributed by atoms with van der Waals surface area (Å²) < 4.78 is 26.9. The van der Waals surface area contributed by atoms with Gasteiger partial charge in [-0.15, -0.1) is 0 Å². The van der Waals surface area contributed by atoms with Crippen molar-refractivity contribution in [1.29, 1.82) is 0 Å². The third-order valence-corrected chi connectivity index (χ3v) is 4.41. The van der Waals surface area contributed by atoms with E-state index in [1.54, 1.807) is 0 Å². The molecule has 0 saturated carbocycles. The van der Waals surface area contributed by atoms with Crippen LogP contribution in [0.4, 0.5) is 5.82 Å². The van der Waals surface area contributed by atoms with Gasteiger partial charge in [0.15, 0.2) is 0 Å². The molecule has 108 valence electrons. The van der Waals surface area contributed by atoms with Crippen LogP contribution >= 0.6 is 11.6 Å². The Morgan fingerprint density at radius 3 is 2.79 bits per heavy atom. The molecule has 0 aromatic carbocycles. The first kappa shape index (κ1) is 16.2. The standard InChI is InChI=1S/C11H19ClN4O2S/c1-2-3-4-9(6-13)16-19(17,18)10-5-8(12)7-15-11(10)14/h5,7,9,16H,2-4,6,13H2,1H3,(H2,14,15). The molecule has 0 radical (unpaired) electrons. The van der Waals surface area contributed by atoms with Crippen LogP contribution < -0.4 is 16.2 Å². The summed E-state index contributed by atoms with van der Waals surface area (Å²) in [6.07, 6.45) is 3.85. The summed E-state index contributed by atoms with van der Waals surface area (Å²) in [5, 5.41) is 0.215. The van der Waals surface area contributed by atoms with Crippen LogP contribution in [0.1, 0.15) is 26.2 Å². The van der Waals surface area contributed by atoms with Gasteiger partial charge < -0.3 is 11.5 Å². The number of unbranched alkanes of at least 4 members (excludes halogenated alkanes) is 1. The number of aromatic nitrogens is 1. The van der Waals surface area contributed by atoms with Crippen molar-refractivity contribution in [2.24, 2.45) is 5.73 Å². The molecule has 5 N–H and O–H groups in total. The van der Waals surface area contributed by atoms with E-state index in [0.29, 0.717) is 6.42 Å². The number of hydrogen-bond acceptors (Lipinski definition) is 5. The van der Waals surface area contributed by atoms with Gasteiger partial charge in [0, 0.05) is 18.8 Å². The van der Waals surface area contributed by atoms with Crippen molar-refractivity contribution in [2.75, 3.05) is 12.3 Å². The predicted molar refractivity (Wildman–Crippen MR) is 76.3 cm³/mol. The van der Waals surface area contributed by atoms with E-state index in [1.807, 2.05) is 6.92 Å². The summed E-state index contributed by atoms with van der Waals surface area (Å²) >= 11 is 5.74. The van der Waals surface area contributed by atoms with E-state index in [4.69, 9.17) is 23.1 Å². The van der Waals surface area contributed by atoms with Gasteiger partial charge in [-0.25, -0.2) is 18.1 Å². The topological polar surface area (TPSA) is 111 Å². The zero-order valence-electron chi connectivity index (χ0n) is 10.8. The molecule has 1 aromatic rings. The number of rotatable bonds is 7. The van der Waals surface area contributed by atoms with Gasteiger partial charge in [0.1, 0.15) is 10.7 Å². The van der Waals surface area contributed by atoms with E-state index in [1.165, 1.54) is 12.3 Å². The van der Waals surface area contributed by atoms with Crippen molar-refractivity contribution in [3.63, 3.8) is 0 Å². The van der Waals surface area contributed by atoms with Gasteiger partial charge in [0.2, 0.25) is 10.0 Å². The molecular weight excluding hydrogens is 288 g/mol. The zero-order chi connectivity index (χ0) is 14.5. The maximum absolute atomic E-state index is 12.2. The lowest BCUT2D eigenvalue weighted by Gasteiger charge is -2.17. The van der Waals surface area contributed by atoms with Crippen LogP contribution in [0.25, 0.3) is 0 Å². The van der Waals surface area contributed by atoms with E-state index in [-0.39, 0.29) is 28.3 Å². The Balaban J connectivity index is 2.93.